The molecule has 92 valence electrons. The minimum absolute atomic E-state index is 0.341. The maximum atomic E-state index is 11.7. The topological polar surface area (TPSA) is 79.9 Å². The van der Waals surface area contributed by atoms with E-state index in [1.165, 1.54) is 0 Å². The summed E-state index contributed by atoms with van der Waals surface area (Å²) in [5.41, 5.74) is -0.469. The van der Waals surface area contributed by atoms with Crippen molar-refractivity contribution in [2.24, 2.45) is 5.41 Å². The fraction of sp³-hybridized carbons (Fsp3) is 0.545. The summed E-state index contributed by atoms with van der Waals surface area (Å²) < 4.78 is 6.58. The van der Waals surface area contributed by atoms with Crippen LogP contribution in [0.1, 0.15) is 13.8 Å². The van der Waals surface area contributed by atoms with E-state index in [4.69, 9.17) is 10.00 Å². The molecule has 0 radical (unpaired) electrons. The van der Waals surface area contributed by atoms with Gasteiger partial charge in [0.25, 0.3) is 0 Å². The van der Waals surface area contributed by atoms with Gasteiger partial charge in [-0.3, -0.25) is 9.48 Å². The first kappa shape index (κ1) is 13.2. The van der Waals surface area contributed by atoms with E-state index in [0.717, 1.165) is 0 Å². The van der Waals surface area contributed by atoms with Crippen LogP contribution < -0.4 is 5.32 Å². The number of aromatic nitrogens is 2. The Morgan fingerprint density at radius 3 is 3.00 bits per heavy atom. The molecule has 0 saturated carbocycles. The molecule has 0 aliphatic carbocycles. The largest absolute Gasteiger partial charge is 0.383 e. The van der Waals surface area contributed by atoms with E-state index < -0.39 is 5.41 Å². The van der Waals surface area contributed by atoms with E-state index in [1.807, 2.05) is 6.07 Å². The number of carbonyl (C=O) groups excluding carboxylic acids is 1. The summed E-state index contributed by atoms with van der Waals surface area (Å²) in [4.78, 5) is 11.7. The first-order valence-corrected chi connectivity index (χ1v) is 5.23. The predicted molar refractivity (Wildman–Crippen MR) is 62.1 cm³/mol. The van der Waals surface area contributed by atoms with Crippen molar-refractivity contribution >= 4 is 11.6 Å². The number of nitrogens with one attached hydrogen (secondary N) is 1. The van der Waals surface area contributed by atoms with Gasteiger partial charge in [0.15, 0.2) is 0 Å². The van der Waals surface area contributed by atoms with Gasteiger partial charge < -0.3 is 10.1 Å². The summed E-state index contributed by atoms with van der Waals surface area (Å²) in [6, 6.07) is 1.94. The second-order valence-corrected chi connectivity index (χ2v) is 4.18. The summed E-state index contributed by atoms with van der Waals surface area (Å²) >= 11 is 0. The highest BCUT2D eigenvalue weighted by Crippen LogP contribution is 2.16. The van der Waals surface area contributed by atoms with E-state index in [1.54, 1.807) is 38.0 Å². The smallest absolute Gasteiger partial charge is 0.244 e. The normalized spacial score (nSPS) is 10.9. The first-order chi connectivity index (χ1) is 7.99. The molecule has 1 heterocycles. The first-order valence-electron chi connectivity index (χ1n) is 5.23. The monoisotopic (exact) mass is 236 g/mol. The van der Waals surface area contributed by atoms with Crippen LogP contribution in [0.15, 0.2) is 12.4 Å². The average molecular weight is 236 g/mol. The van der Waals surface area contributed by atoms with E-state index in [0.29, 0.717) is 18.8 Å². The number of methoxy groups -OCH3 is 1. The van der Waals surface area contributed by atoms with Gasteiger partial charge in [0.05, 0.1) is 31.1 Å². The molecular weight excluding hydrogens is 220 g/mol. The molecule has 0 unspecified atom stereocenters. The minimum atomic E-state index is -1.05. The second kappa shape index (κ2) is 5.46. The Kier molecular flexibility index (Phi) is 4.24. The van der Waals surface area contributed by atoms with Crippen molar-refractivity contribution in [1.82, 2.24) is 9.78 Å². The summed E-state index contributed by atoms with van der Waals surface area (Å²) in [7, 11) is 1.61. The lowest BCUT2D eigenvalue weighted by Gasteiger charge is -2.13. The fourth-order valence-corrected chi connectivity index (χ4v) is 1.07. The van der Waals surface area contributed by atoms with Crippen LogP contribution in [0.4, 0.5) is 5.69 Å². The van der Waals surface area contributed by atoms with Crippen molar-refractivity contribution in [2.75, 3.05) is 19.0 Å². The van der Waals surface area contributed by atoms with Gasteiger partial charge >= 0.3 is 0 Å². The number of ether oxygens (including phenoxy) is 1. The van der Waals surface area contributed by atoms with Crippen molar-refractivity contribution in [3.63, 3.8) is 0 Å². The number of anilines is 1. The van der Waals surface area contributed by atoms with Crippen LogP contribution in [0, 0.1) is 16.7 Å². The van der Waals surface area contributed by atoms with Crippen LogP contribution in [0.5, 0.6) is 0 Å². The SMILES string of the molecule is COCCn1cc(NC(=O)C(C)(C)C#N)cn1. The number of hydrogen-bond acceptors (Lipinski definition) is 4. The molecule has 1 rings (SSSR count). The molecule has 0 saturated heterocycles. The van der Waals surface area contributed by atoms with Crippen molar-refractivity contribution in [3.8, 4) is 6.07 Å². The molecule has 17 heavy (non-hydrogen) atoms. The Hall–Kier alpha value is -1.87. The molecule has 0 spiro atoms. The second-order valence-electron chi connectivity index (χ2n) is 4.18. The van der Waals surface area contributed by atoms with E-state index in [9.17, 15) is 4.79 Å². The summed E-state index contributed by atoms with van der Waals surface area (Å²) in [5.74, 6) is -0.341. The van der Waals surface area contributed by atoms with Gasteiger partial charge in [-0.2, -0.15) is 10.4 Å². The Morgan fingerprint density at radius 2 is 2.41 bits per heavy atom. The van der Waals surface area contributed by atoms with Gasteiger partial charge in [-0.15, -0.1) is 0 Å². The van der Waals surface area contributed by atoms with Crippen molar-refractivity contribution in [3.05, 3.63) is 12.4 Å². The van der Waals surface area contributed by atoms with Crippen molar-refractivity contribution in [2.45, 2.75) is 20.4 Å². The zero-order chi connectivity index (χ0) is 12.9. The Balaban J connectivity index is 2.61. The van der Waals surface area contributed by atoms with Crippen LogP contribution in [0.3, 0.4) is 0 Å². The molecule has 0 aromatic carbocycles. The van der Waals surface area contributed by atoms with Crippen LogP contribution in [-0.4, -0.2) is 29.4 Å². The van der Waals surface area contributed by atoms with E-state index >= 15 is 0 Å². The average Bonchev–Trinajstić information content (AvgIpc) is 2.74. The van der Waals surface area contributed by atoms with Gasteiger partial charge in [0.2, 0.25) is 5.91 Å². The molecular formula is C11H16N4O2. The highest BCUT2D eigenvalue weighted by molar-refractivity contribution is 5.96. The summed E-state index contributed by atoms with van der Waals surface area (Å²) in [6.45, 7) is 4.31. The Morgan fingerprint density at radius 1 is 1.71 bits per heavy atom. The molecule has 1 N–H and O–H groups in total. The maximum Gasteiger partial charge on any atom is 0.244 e. The van der Waals surface area contributed by atoms with Crippen LogP contribution in [0.25, 0.3) is 0 Å². The van der Waals surface area contributed by atoms with Gasteiger partial charge in [-0.25, -0.2) is 0 Å². The summed E-state index contributed by atoms with van der Waals surface area (Å²) in [5, 5.41) is 15.5. The van der Waals surface area contributed by atoms with Crippen molar-refractivity contribution < 1.29 is 9.53 Å². The molecule has 0 fully saturated rings. The zero-order valence-electron chi connectivity index (χ0n) is 10.2. The molecule has 0 bridgehead atoms. The highest BCUT2D eigenvalue weighted by Gasteiger charge is 2.27. The predicted octanol–water partition coefficient (Wildman–Crippen LogP) is 1.02. The number of rotatable bonds is 5. The van der Waals surface area contributed by atoms with Gasteiger partial charge in [0.1, 0.15) is 5.41 Å². The third-order valence-electron chi connectivity index (χ3n) is 2.26. The number of hydrogen-bond donors (Lipinski definition) is 1. The van der Waals surface area contributed by atoms with Crippen molar-refractivity contribution in [1.29, 1.82) is 5.26 Å². The van der Waals surface area contributed by atoms with Crippen LogP contribution >= 0.6 is 0 Å². The zero-order valence-corrected chi connectivity index (χ0v) is 10.2. The standard InChI is InChI=1S/C11H16N4O2/c1-11(2,8-12)10(16)14-9-6-13-15(7-9)4-5-17-3/h6-7H,4-5H2,1-3H3,(H,14,16). The quantitative estimate of drug-likeness (QED) is 0.827. The van der Waals surface area contributed by atoms with E-state index in [2.05, 4.69) is 10.4 Å². The Labute approximate surface area is 100 Å². The number of nitrogens with zero attached hydrogens (tertiary/aromatic N) is 3. The number of carbonyl (C=O) groups is 1. The maximum absolute atomic E-state index is 11.7. The molecule has 1 aromatic heterocycles. The van der Waals surface area contributed by atoms with E-state index in [-0.39, 0.29) is 5.91 Å². The number of nitriles is 1. The minimum Gasteiger partial charge on any atom is -0.383 e. The molecule has 0 aliphatic rings. The highest BCUT2D eigenvalue weighted by atomic mass is 16.5. The molecule has 1 aromatic rings. The lowest BCUT2D eigenvalue weighted by molar-refractivity contribution is -0.121. The van der Waals surface area contributed by atoms with Crippen LogP contribution in [-0.2, 0) is 16.1 Å². The Bertz CT molecular complexity index is 431. The molecule has 0 aliphatic heterocycles. The van der Waals surface area contributed by atoms with Crippen LogP contribution in [0.2, 0.25) is 0 Å². The molecule has 6 heteroatoms. The third-order valence-corrected chi connectivity index (χ3v) is 2.26. The number of amides is 1. The van der Waals surface area contributed by atoms with Gasteiger partial charge in [-0.1, -0.05) is 0 Å². The fourth-order valence-electron chi connectivity index (χ4n) is 1.07. The molecule has 1 amide bonds. The third kappa shape index (κ3) is 3.57. The lowest BCUT2D eigenvalue weighted by atomic mass is 9.95. The van der Waals surface area contributed by atoms with Gasteiger partial charge in [-0.05, 0) is 13.8 Å². The molecule has 6 nitrogen and oxygen atoms in total. The lowest BCUT2D eigenvalue weighted by Crippen LogP contribution is -2.29. The van der Waals surface area contributed by atoms with Gasteiger partial charge in [0, 0.05) is 13.3 Å². The summed E-state index contributed by atoms with van der Waals surface area (Å²) in [6.07, 6.45) is 3.24. The molecule has 0 atom stereocenters.